The average Bonchev–Trinajstić information content (AvgIpc) is 2.86. The monoisotopic (exact) mass is 308 g/mol. The molecule has 0 aromatic carbocycles. The summed E-state index contributed by atoms with van der Waals surface area (Å²) in [6.07, 6.45) is 4.59. The van der Waals surface area contributed by atoms with E-state index in [9.17, 15) is 0 Å². The Morgan fingerprint density at radius 3 is 3.19 bits per heavy atom. The number of hydrogen-bond acceptors (Lipinski definition) is 4. The standard InChI is InChI=1S/C15H21ClN4O/c1-2-19-7-8-21-12(10-19)11-20-14-4-6-17-9-13(14)18-15(20)3-5-16/h4,6,9,12H,2-3,5,7-8,10-11H2,1H3. The number of nitrogens with zero attached hydrogens (tertiary/aromatic N) is 4. The summed E-state index contributed by atoms with van der Waals surface area (Å²) in [5, 5.41) is 0. The van der Waals surface area contributed by atoms with E-state index in [0.29, 0.717) is 5.88 Å². The molecule has 0 saturated carbocycles. The van der Waals surface area contributed by atoms with Crippen molar-refractivity contribution in [1.29, 1.82) is 0 Å². The lowest BCUT2D eigenvalue weighted by Crippen LogP contribution is -2.44. The van der Waals surface area contributed by atoms with Gasteiger partial charge in [-0.15, -0.1) is 11.6 Å². The van der Waals surface area contributed by atoms with Crippen LogP contribution in [0.25, 0.3) is 11.0 Å². The van der Waals surface area contributed by atoms with Crippen LogP contribution in [0.15, 0.2) is 18.5 Å². The third-order valence-corrected chi connectivity index (χ3v) is 4.19. The summed E-state index contributed by atoms with van der Waals surface area (Å²) < 4.78 is 8.17. The number of ether oxygens (including phenoxy) is 1. The quantitative estimate of drug-likeness (QED) is 0.792. The van der Waals surface area contributed by atoms with Crippen molar-refractivity contribution in [2.45, 2.75) is 26.0 Å². The van der Waals surface area contributed by atoms with Gasteiger partial charge in [-0.05, 0) is 12.6 Å². The van der Waals surface area contributed by atoms with Gasteiger partial charge in [-0.1, -0.05) is 6.92 Å². The molecule has 1 saturated heterocycles. The molecule has 2 aromatic heterocycles. The van der Waals surface area contributed by atoms with E-state index in [2.05, 4.69) is 26.4 Å². The van der Waals surface area contributed by atoms with Crippen LogP contribution in [0.4, 0.5) is 0 Å². The van der Waals surface area contributed by atoms with Gasteiger partial charge in [-0.25, -0.2) is 4.98 Å². The molecule has 3 rings (SSSR count). The molecule has 0 N–H and O–H groups in total. The van der Waals surface area contributed by atoms with Gasteiger partial charge in [0, 0.05) is 31.6 Å². The molecule has 6 heteroatoms. The first-order valence-corrected chi connectivity index (χ1v) is 8.04. The molecule has 0 radical (unpaired) electrons. The van der Waals surface area contributed by atoms with Crippen LogP contribution in [-0.4, -0.2) is 57.7 Å². The molecule has 0 aliphatic carbocycles. The molecule has 0 spiro atoms. The smallest absolute Gasteiger partial charge is 0.111 e. The predicted molar refractivity (Wildman–Crippen MR) is 83.8 cm³/mol. The van der Waals surface area contributed by atoms with Gasteiger partial charge in [0.1, 0.15) is 11.3 Å². The first-order valence-electron chi connectivity index (χ1n) is 7.51. The second kappa shape index (κ2) is 6.73. The minimum Gasteiger partial charge on any atom is -0.374 e. The summed E-state index contributed by atoms with van der Waals surface area (Å²) in [5.41, 5.74) is 2.04. The Bertz CT molecular complexity index is 600. The summed E-state index contributed by atoms with van der Waals surface area (Å²) in [6, 6.07) is 2.01. The number of imidazole rings is 1. The van der Waals surface area contributed by atoms with Crippen LogP contribution in [0, 0.1) is 0 Å². The Morgan fingerprint density at radius 2 is 2.38 bits per heavy atom. The third kappa shape index (κ3) is 3.20. The second-order valence-electron chi connectivity index (χ2n) is 5.33. The number of morpholine rings is 1. The number of aromatic nitrogens is 3. The van der Waals surface area contributed by atoms with E-state index in [4.69, 9.17) is 16.3 Å². The predicted octanol–water partition coefficient (Wildman–Crippen LogP) is 1.93. The van der Waals surface area contributed by atoms with Crippen LogP contribution in [-0.2, 0) is 17.7 Å². The Balaban J connectivity index is 1.86. The molecule has 0 bridgehead atoms. The zero-order valence-corrected chi connectivity index (χ0v) is 13.1. The molecule has 0 amide bonds. The number of pyridine rings is 1. The largest absolute Gasteiger partial charge is 0.374 e. The van der Waals surface area contributed by atoms with Gasteiger partial charge in [0.25, 0.3) is 0 Å². The van der Waals surface area contributed by atoms with Crippen LogP contribution < -0.4 is 0 Å². The van der Waals surface area contributed by atoms with Gasteiger partial charge in [-0.3, -0.25) is 9.88 Å². The maximum Gasteiger partial charge on any atom is 0.111 e. The number of hydrogen-bond donors (Lipinski definition) is 0. The Labute approximate surface area is 129 Å². The van der Waals surface area contributed by atoms with E-state index in [1.54, 1.807) is 0 Å². The van der Waals surface area contributed by atoms with Crippen LogP contribution in [0.3, 0.4) is 0 Å². The summed E-state index contributed by atoms with van der Waals surface area (Å²) in [5.74, 6) is 1.59. The summed E-state index contributed by atoms with van der Waals surface area (Å²) in [7, 11) is 0. The minimum atomic E-state index is 0.207. The Kier molecular flexibility index (Phi) is 4.73. The van der Waals surface area contributed by atoms with Crippen molar-refractivity contribution >= 4 is 22.6 Å². The number of fused-ring (bicyclic) bond motifs is 1. The molecule has 114 valence electrons. The molecule has 1 aliphatic heterocycles. The topological polar surface area (TPSA) is 43.2 Å². The number of aryl methyl sites for hydroxylation is 1. The Morgan fingerprint density at radius 1 is 1.48 bits per heavy atom. The lowest BCUT2D eigenvalue weighted by atomic mass is 10.2. The highest BCUT2D eigenvalue weighted by Gasteiger charge is 2.22. The summed E-state index contributed by atoms with van der Waals surface area (Å²) in [6.45, 7) is 6.89. The molecule has 21 heavy (non-hydrogen) atoms. The minimum absolute atomic E-state index is 0.207. The molecule has 1 aliphatic rings. The molecular weight excluding hydrogens is 288 g/mol. The van der Waals surface area contributed by atoms with E-state index < -0.39 is 0 Å². The first-order chi connectivity index (χ1) is 10.3. The zero-order valence-electron chi connectivity index (χ0n) is 12.3. The highest BCUT2D eigenvalue weighted by atomic mass is 35.5. The molecule has 1 atom stereocenters. The van der Waals surface area contributed by atoms with Crippen LogP contribution >= 0.6 is 11.6 Å². The maximum atomic E-state index is 5.93. The van der Waals surface area contributed by atoms with Crippen molar-refractivity contribution in [3.63, 3.8) is 0 Å². The average molecular weight is 309 g/mol. The summed E-state index contributed by atoms with van der Waals surface area (Å²) in [4.78, 5) is 11.2. The van der Waals surface area contributed by atoms with Crippen LogP contribution in [0.5, 0.6) is 0 Å². The lowest BCUT2D eigenvalue weighted by molar-refractivity contribution is -0.0341. The van der Waals surface area contributed by atoms with E-state index in [-0.39, 0.29) is 6.10 Å². The van der Waals surface area contributed by atoms with E-state index in [1.807, 2.05) is 18.5 Å². The highest BCUT2D eigenvalue weighted by Crippen LogP contribution is 2.18. The van der Waals surface area contributed by atoms with Gasteiger partial charge in [0.05, 0.1) is 31.0 Å². The van der Waals surface area contributed by atoms with Crippen LogP contribution in [0.2, 0.25) is 0 Å². The van der Waals surface area contributed by atoms with E-state index in [0.717, 1.165) is 56.1 Å². The van der Waals surface area contributed by atoms with Gasteiger partial charge in [0.15, 0.2) is 0 Å². The number of likely N-dealkylation sites (N-methyl/N-ethyl adjacent to an activating group) is 1. The lowest BCUT2D eigenvalue weighted by Gasteiger charge is -2.32. The molecule has 3 heterocycles. The Hall–Kier alpha value is -1.17. The molecule has 1 unspecified atom stereocenters. The molecular formula is C15H21ClN4O. The fraction of sp³-hybridized carbons (Fsp3) is 0.600. The summed E-state index contributed by atoms with van der Waals surface area (Å²) >= 11 is 5.92. The van der Waals surface area contributed by atoms with Crippen LogP contribution in [0.1, 0.15) is 12.7 Å². The van der Waals surface area contributed by atoms with Crippen molar-refractivity contribution in [2.75, 3.05) is 32.1 Å². The fourth-order valence-electron chi connectivity index (χ4n) is 2.89. The first kappa shape index (κ1) is 14.8. The zero-order chi connectivity index (χ0) is 14.7. The van der Waals surface area contributed by atoms with Crippen molar-refractivity contribution in [3.8, 4) is 0 Å². The van der Waals surface area contributed by atoms with Gasteiger partial charge < -0.3 is 9.30 Å². The van der Waals surface area contributed by atoms with Gasteiger partial charge in [-0.2, -0.15) is 0 Å². The molecule has 5 nitrogen and oxygen atoms in total. The van der Waals surface area contributed by atoms with Crippen molar-refractivity contribution in [1.82, 2.24) is 19.4 Å². The molecule has 1 fully saturated rings. The normalized spacial score (nSPS) is 20.2. The molecule has 2 aromatic rings. The number of halogens is 1. The number of rotatable bonds is 5. The van der Waals surface area contributed by atoms with Crippen molar-refractivity contribution in [2.24, 2.45) is 0 Å². The van der Waals surface area contributed by atoms with E-state index >= 15 is 0 Å². The number of alkyl halides is 1. The SMILES string of the molecule is CCN1CCOC(Cn2c(CCCl)nc3cnccc32)C1. The second-order valence-corrected chi connectivity index (χ2v) is 5.71. The third-order valence-electron chi connectivity index (χ3n) is 4.00. The highest BCUT2D eigenvalue weighted by molar-refractivity contribution is 6.17. The van der Waals surface area contributed by atoms with Gasteiger partial charge in [0.2, 0.25) is 0 Å². The van der Waals surface area contributed by atoms with Crippen molar-refractivity contribution in [3.05, 3.63) is 24.3 Å². The maximum absolute atomic E-state index is 5.93. The fourth-order valence-corrected chi connectivity index (χ4v) is 3.06. The van der Waals surface area contributed by atoms with E-state index in [1.165, 1.54) is 0 Å². The van der Waals surface area contributed by atoms with Crippen molar-refractivity contribution < 1.29 is 4.74 Å². The van der Waals surface area contributed by atoms with Gasteiger partial charge >= 0.3 is 0 Å².